The fraction of sp³-hybridized carbons (Fsp3) is 0.923. The number of hydrogen-bond acceptors (Lipinski definition) is 2. The molecule has 2 fully saturated rings. The molecular weight excluding hydrogens is 188 g/mol. The molecule has 2 aliphatic rings. The minimum absolute atomic E-state index is 0.0374. The summed E-state index contributed by atoms with van der Waals surface area (Å²) < 4.78 is 5.59. The van der Waals surface area contributed by atoms with Gasteiger partial charge < -0.3 is 4.74 Å². The number of rotatable bonds is 2. The van der Waals surface area contributed by atoms with Gasteiger partial charge >= 0.3 is 5.97 Å². The Hall–Kier alpha value is -0.530. The fourth-order valence-electron chi connectivity index (χ4n) is 3.55. The smallest absolute Gasteiger partial charge is 0.305 e. The average Bonchev–Trinajstić information content (AvgIpc) is 2.50. The van der Waals surface area contributed by atoms with Crippen molar-refractivity contribution < 1.29 is 9.53 Å². The van der Waals surface area contributed by atoms with Crippen LogP contribution in [0.2, 0.25) is 0 Å². The molecule has 2 rings (SSSR count). The average molecular weight is 210 g/mol. The summed E-state index contributed by atoms with van der Waals surface area (Å²) in [6.45, 7) is 8.84. The number of hydrogen-bond donors (Lipinski definition) is 0. The molecule has 0 saturated heterocycles. The summed E-state index contributed by atoms with van der Waals surface area (Å²) in [4.78, 5) is 11.4. The van der Waals surface area contributed by atoms with Gasteiger partial charge in [-0.25, -0.2) is 0 Å². The van der Waals surface area contributed by atoms with Crippen molar-refractivity contribution in [3.05, 3.63) is 0 Å². The quantitative estimate of drug-likeness (QED) is 0.654. The summed E-state index contributed by atoms with van der Waals surface area (Å²) in [5, 5.41) is 0. The van der Waals surface area contributed by atoms with Crippen LogP contribution in [0.4, 0.5) is 0 Å². The molecule has 0 spiro atoms. The number of esters is 1. The monoisotopic (exact) mass is 210 g/mol. The first-order chi connectivity index (χ1) is 6.91. The van der Waals surface area contributed by atoms with E-state index >= 15 is 0 Å². The maximum absolute atomic E-state index is 11.4. The van der Waals surface area contributed by atoms with Crippen molar-refractivity contribution in [2.45, 2.75) is 59.5 Å². The van der Waals surface area contributed by atoms with E-state index in [1.807, 2.05) is 6.92 Å². The topological polar surface area (TPSA) is 26.3 Å². The van der Waals surface area contributed by atoms with E-state index < -0.39 is 0 Å². The molecule has 2 bridgehead atoms. The Morgan fingerprint density at radius 3 is 2.47 bits per heavy atom. The van der Waals surface area contributed by atoms with Crippen LogP contribution in [-0.2, 0) is 9.53 Å². The van der Waals surface area contributed by atoms with Gasteiger partial charge in [0.25, 0.3) is 0 Å². The van der Waals surface area contributed by atoms with Gasteiger partial charge in [0, 0.05) is 11.8 Å². The molecule has 0 aromatic carbocycles. The van der Waals surface area contributed by atoms with Gasteiger partial charge in [-0.2, -0.15) is 0 Å². The molecule has 86 valence electrons. The lowest BCUT2D eigenvalue weighted by Crippen LogP contribution is -2.38. The van der Waals surface area contributed by atoms with Crippen molar-refractivity contribution in [2.24, 2.45) is 16.7 Å². The summed E-state index contributed by atoms with van der Waals surface area (Å²) in [6, 6.07) is 0. The van der Waals surface area contributed by atoms with Gasteiger partial charge in [0.1, 0.15) is 6.10 Å². The highest BCUT2D eigenvalue weighted by molar-refractivity contribution is 5.69. The minimum Gasteiger partial charge on any atom is -0.462 e. The van der Waals surface area contributed by atoms with Crippen molar-refractivity contribution >= 4 is 5.97 Å². The molecular formula is C13H22O2. The number of ether oxygens (including phenoxy) is 1. The molecule has 2 nitrogen and oxygen atoms in total. The second kappa shape index (κ2) is 3.23. The van der Waals surface area contributed by atoms with E-state index in [4.69, 9.17) is 4.74 Å². The third-order valence-electron chi connectivity index (χ3n) is 5.28. The lowest BCUT2D eigenvalue weighted by atomic mass is 9.70. The van der Waals surface area contributed by atoms with Gasteiger partial charge in [-0.05, 0) is 30.6 Å². The van der Waals surface area contributed by atoms with Crippen molar-refractivity contribution in [3.63, 3.8) is 0 Å². The highest BCUT2D eigenvalue weighted by Gasteiger charge is 2.62. The number of carbonyl (C=O) groups is 1. The molecule has 0 heterocycles. The molecule has 3 atom stereocenters. The molecule has 0 aromatic heterocycles. The first-order valence-electron chi connectivity index (χ1n) is 6.11. The van der Waals surface area contributed by atoms with Crippen molar-refractivity contribution in [1.29, 1.82) is 0 Å². The first kappa shape index (κ1) is 11.0. The van der Waals surface area contributed by atoms with E-state index in [-0.39, 0.29) is 17.5 Å². The predicted octanol–water partition coefficient (Wildman–Crippen LogP) is 3.15. The van der Waals surface area contributed by atoms with Crippen LogP contribution in [0.25, 0.3) is 0 Å². The Bertz CT molecular complexity index is 282. The highest BCUT2D eigenvalue weighted by Crippen LogP contribution is 2.66. The molecule has 0 aromatic rings. The van der Waals surface area contributed by atoms with E-state index in [0.29, 0.717) is 11.8 Å². The Labute approximate surface area is 92.4 Å². The zero-order valence-corrected chi connectivity index (χ0v) is 10.3. The zero-order chi connectivity index (χ0) is 11.3. The van der Waals surface area contributed by atoms with E-state index in [1.165, 1.54) is 12.8 Å². The van der Waals surface area contributed by atoms with Gasteiger partial charge in [0.2, 0.25) is 0 Å². The Morgan fingerprint density at radius 1 is 1.40 bits per heavy atom. The van der Waals surface area contributed by atoms with Gasteiger partial charge in [-0.3, -0.25) is 4.79 Å². The number of fused-ring (bicyclic) bond motifs is 2. The fourth-order valence-corrected chi connectivity index (χ4v) is 3.55. The van der Waals surface area contributed by atoms with Crippen LogP contribution in [0.5, 0.6) is 0 Å². The van der Waals surface area contributed by atoms with Crippen LogP contribution >= 0.6 is 0 Å². The molecule has 0 amide bonds. The van der Waals surface area contributed by atoms with E-state index in [0.717, 1.165) is 12.3 Å². The van der Waals surface area contributed by atoms with Crippen LogP contribution in [0.3, 0.4) is 0 Å². The third kappa shape index (κ3) is 1.33. The Kier molecular flexibility index (Phi) is 2.36. The molecule has 0 unspecified atom stereocenters. The Balaban J connectivity index is 2.15. The molecule has 0 N–H and O–H groups in total. The summed E-state index contributed by atoms with van der Waals surface area (Å²) in [5.41, 5.74) is 0.550. The van der Waals surface area contributed by atoms with Crippen molar-refractivity contribution in [1.82, 2.24) is 0 Å². The maximum atomic E-state index is 11.4. The Morgan fingerprint density at radius 2 is 2.07 bits per heavy atom. The SMILES string of the molecule is CCC(=O)O[C@H]1C[C@H]2CC[C@@]1(C)C2(C)C. The molecule has 0 aliphatic heterocycles. The van der Waals surface area contributed by atoms with Gasteiger partial charge in [-0.15, -0.1) is 0 Å². The van der Waals surface area contributed by atoms with Crippen molar-refractivity contribution in [3.8, 4) is 0 Å². The second-order valence-electron chi connectivity index (χ2n) is 5.94. The van der Waals surface area contributed by atoms with Gasteiger partial charge in [0.15, 0.2) is 0 Å². The van der Waals surface area contributed by atoms with Crippen LogP contribution in [-0.4, -0.2) is 12.1 Å². The summed E-state index contributed by atoms with van der Waals surface area (Å²) in [6.07, 6.45) is 4.27. The standard InChI is InChI=1S/C13H22O2/c1-5-11(14)15-10-8-9-6-7-13(10,4)12(9,2)3/h9-10H,5-8H2,1-4H3/t9-,10+,13-/m1/s1. The number of carbonyl (C=O) groups excluding carboxylic acids is 1. The van der Waals surface area contributed by atoms with Gasteiger partial charge in [0.05, 0.1) is 0 Å². The molecule has 2 saturated carbocycles. The largest absolute Gasteiger partial charge is 0.462 e. The van der Waals surface area contributed by atoms with Gasteiger partial charge in [-0.1, -0.05) is 27.7 Å². The first-order valence-corrected chi connectivity index (χ1v) is 6.11. The van der Waals surface area contributed by atoms with Crippen LogP contribution in [0.15, 0.2) is 0 Å². The summed E-state index contributed by atoms with van der Waals surface area (Å²) in [5.74, 6) is 0.710. The maximum Gasteiger partial charge on any atom is 0.305 e. The van der Waals surface area contributed by atoms with E-state index in [2.05, 4.69) is 20.8 Å². The zero-order valence-electron chi connectivity index (χ0n) is 10.3. The molecule has 2 aliphatic carbocycles. The minimum atomic E-state index is -0.0374. The third-order valence-corrected chi connectivity index (χ3v) is 5.28. The van der Waals surface area contributed by atoms with Crippen LogP contribution in [0, 0.1) is 16.7 Å². The second-order valence-corrected chi connectivity index (χ2v) is 5.94. The van der Waals surface area contributed by atoms with E-state index in [1.54, 1.807) is 0 Å². The molecule has 15 heavy (non-hydrogen) atoms. The normalized spacial score (nSPS) is 41.9. The molecule has 0 radical (unpaired) electrons. The van der Waals surface area contributed by atoms with Crippen LogP contribution in [0.1, 0.15) is 53.4 Å². The highest BCUT2D eigenvalue weighted by atomic mass is 16.5. The lowest BCUT2D eigenvalue weighted by Gasteiger charge is -2.38. The summed E-state index contributed by atoms with van der Waals surface area (Å²) in [7, 11) is 0. The van der Waals surface area contributed by atoms with Crippen LogP contribution < -0.4 is 0 Å². The molecule has 2 heteroatoms. The van der Waals surface area contributed by atoms with Crippen molar-refractivity contribution in [2.75, 3.05) is 0 Å². The van der Waals surface area contributed by atoms with E-state index in [9.17, 15) is 4.79 Å². The lowest BCUT2D eigenvalue weighted by molar-refractivity contribution is -0.156. The summed E-state index contributed by atoms with van der Waals surface area (Å²) >= 11 is 0. The predicted molar refractivity (Wildman–Crippen MR) is 59.4 cm³/mol.